The second-order valence-electron chi connectivity index (χ2n) is 5.67. The minimum Gasteiger partial charge on any atom is -0.340 e. The molecule has 0 unspecified atom stereocenters. The number of imidazole rings is 2. The number of aromatic nitrogens is 4. The fourth-order valence-corrected chi connectivity index (χ4v) is 2.67. The molecule has 124 valence electrons. The molecule has 3 aromatic rings. The van der Waals surface area contributed by atoms with Gasteiger partial charge < -0.3 is 14.5 Å². The van der Waals surface area contributed by atoms with Gasteiger partial charge in [-0.25, -0.2) is 9.97 Å². The van der Waals surface area contributed by atoms with E-state index in [0.29, 0.717) is 24.5 Å². The Kier molecular flexibility index (Phi) is 4.74. The molecule has 24 heavy (non-hydrogen) atoms. The van der Waals surface area contributed by atoms with Crippen LogP contribution in [0.15, 0.2) is 49.1 Å². The van der Waals surface area contributed by atoms with E-state index in [-0.39, 0.29) is 5.91 Å². The van der Waals surface area contributed by atoms with Crippen LogP contribution in [0.5, 0.6) is 0 Å². The highest BCUT2D eigenvalue weighted by Gasteiger charge is 2.22. The van der Waals surface area contributed by atoms with Crippen LogP contribution in [0, 0.1) is 0 Å². The summed E-state index contributed by atoms with van der Waals surface area (Å²) in [6.07, 6.45) is 6.08. The maximum atomic E-state index is 13.0. The van der Waals surface area contributed by atoms with Crippen LogP contribution >= 0.6 is 0 Å². The molecule has 0 spiro atoms. The predicted molar refractivity (Wildman–Crippen MR) is 92.3 cm³/mol. The van der Waals surface area contributed by atoms with Crippen molar-refractivity contribution in [1.29, 1.82) is 0 Å². The van der Waals surface area contributed by atoms with Crippen LogP contribution in [0.3, 0.4) is 0 Å². The topological polar surface area (TPSA) is 66.8 Å². The van der Waals surface area contributed by atoms with Crippen LogP contribution in [-0.2, 0) is 13.6 Å². The molecule has 0 radical (unpaired) electrons. The lowest BCUT2D eigenvalue weighted by molar-refractivity contribution is 0.0733. The van der Waals surface area contributed by atoms with Gasteiger partial charge in [-0.3, -0.25) is 4.79 Å². The van der Waals surface area contributed by atoms with Gasteiger partial charge in [-0.2, -0.15) is 0 Å². The Morgan fingerprint density at radius 3 is 2.71 bits per heavy atom. The number of carbonyl (C=O) groups is 1. The molecule has 2 aromatic heterocycles. The van der Waals surface area contributed by atoms with Gasteiger partial charge in [0.1, 0.15) is 17.2 Å². The van der Waals surface area contributed by atoms with E-state index in [0.717, 1.165) is 17.8 Å². The quantitative estimate of drug-likeness (QED) is 0.758. The number of rotatable bonds is 6. The van der Waals surface area contributed by atoms with E-state index in [2.05, 4.69) is 21.9 Å². The normalized spacial score (nSPS) is 10.8. The lowest BCUT2D eigenvalue weighted by Gasteiger charge is -2.21. The van der Waals surface area contributed by atoms with Gasteiger partial charge in [0.15, 0.2) is 0 Å². The smallest absolute Gasteiger partial charge is 0.272 e. The molecule has 6 nitrogen and oxygen atoms in total. The number of benzene rings is 1. The Hall–Kier alpha value is -2.89. The van der Waals surface area contributed by atoms with Crippen molar-refractivity contribution >= 4 is 5.91 Å². The zero-order valence-electron chi connectivity index (χ0n) is 13.9. The van der Waals surface area contributed by atoms with Crippen molar-refractivity contribution in [3.63, 3.8) is 0 Å². The maximum Gasteiger partial charge on any atom is 0.272 e. The number of amides is 1. The number of nitrogens with one attached hydrogen (secondary N) is 1. The molecular weight excluding hydrogens is 302 g/mol. The summed E-state index contributed by atoms with van der Waals surface area (Å²) in [4.78, 5) is 26.5. The summed E-state index contributed by atoms with van der Waals surface area (Å²) in [7, 11) is 1.93. The van der Waals surface area contributed by atoms with Gasteiger partial charge in [-0.05, 0) is 6.42 Å². The van der Waals surface area contributed by atoms with Gasteiger partial charge in [0, 0.05) is 31.5 Å². The minimum atomic E-state index is -0.0591. The van der Waals surface area contributed by atoms with Crippen molar-refractivity contribution in [2.75, 3.05) is 6.54 Å². The number of H-pyrrole nitrogens is 1. The maximum absolute atomic E-state index is 13.0. The molecule has 0 aliphatic heterocycles. The van der Waals surface area contributed by atoms with E-state index < -0.39 is 0 Å². The molecular formula is C18H21N5O. The highest BCUT2D eigenvalue weighted by atomic mass is 16.2. The number of nitrogens with zero attached hydrogens (tertiary/aromatic N) is 4. The number of aromatic amines is 1. The first-order valence-corrected chi connectivity index (χ1v) is 8.05. The van der Waals surface area contributed by atoms with Crippen molar-refractivity contribution in [2.45, 2.75) is 19.9 Å². The summed E-state index contributed by atoms with van der Waals surface area (Å²) >= 11 is 0. The third kappa shape index (κ3) is 3.22. The molecule has 1 aromatic carbocycles. The van der Waals surface area contributed by atoms with Gasteiger partial charge in [-0.15, -0.1) is 0 Å². The monoisotopic (exact) mass is 323 g/mol. The van der Waals surface area contributed by atoms with E-state index in [9.17, 15) is 4.79 Å². The highest BCUT2D eigenvalue weighted by molar-refractivity contribution is 5.98. The fraction of sp³-hybridized carbons (Fsp3) is 0.278. The summed E-state index contributed by atoms with van der Waals surface area (Å²) in [6.45, 7) is 3.20. The number of hydrogen-bond donors (Lipinski definition) is 1. The van der Waals surface area contributed by atoms with E-state index in [1.165, 1.54) is 0 Å². The number of aryl methyl sites for hydroxylation is 1. The molecule has 0 aliphatic rings. The van der Waals surface area contributed by atoms with Gasteiger partial charge in [0.2, 0.25) is 0 Å². The molecule has 1 N–H and O–H groups in total. The summed E-state index contributed by atoms with van der Waals surface area (Å²) < 4.78 is 1.93. The number of carbonyl (C=O) groups excluding carboxylic acids is 1. The van der Waals surface area contributed by atoms with Crippen molar-refractivity contribution < 1.29 is 4.79 Å². The average molecular weight is 323 g/mol. The SMILES string of the molecule is CCCN(Cc1nccn1C)C(=O)c1[nH]cnc1-c1ccccc1. The molecule has 0 saturated heterocycles. The second-order valence-corrected chi connectivity index (χ2v) is 5.67. The zero-order valence-corrected chi connectivity index (χ0v) is 13.9. The van der Waals surface area contributed by atoms with Crippen LogP contribution in [0.1, 0.15) is 29.7 Å². The Morgan fingerprint density at radius 1 is 1.25 bits per heavy atom. The van der Waals surface area contributed by atoms with Gasteiger partial charge in [0.05, 0.1) is 12.9 Å². The summed E-state index contributed by atoms with van der Waals surface area (Å²) in [6, 6.07) is 9.74. The molecule has 0 saturated carbocycles. The molecule has 0 atom stereocenters. The van der Waals surface area contributed by atoms with E-state index >= 15 is 0 Å². The Morgan fingerprint density at radius 2 is 2.04 bits per heavy atom. The summed E-state index contributed by atoms with van der Waals surface area (Å²) in [5, 5.41) is 0. The third-order valence-electron chi connectivity index (χ3n) is 3.93. The van der Waals surface area contributed by atoms with E-state index in [1.807, 2.05) is 53.0 Å². The molecule has 1 amide bonds. The van der Waals surface area contributed by atoms with Gasteiger partial charge in [0.25, 0.3) is 5.91 Å². The molecule has 3 rings (SSSR count). The fourth-order valence-electron chi connectivity index (χ4n) is 2.67. The lowest BCUT2D eigenvalue weighted by atomic mass is 10.1. The molecule has 0 aliphatic carbocycles. The molecule has 0 bridgehead atoms. The number of hydrogen-bond acceptors (Lipinski definition) is 3. The van der Waals surface area contributed by atoms with Crippen LogP contribution in [0.25, 0.3) is 11.3 Å². The van der Waals surface area contributed by atoms with Crippen LogP contribution < -0.4 is 0 Å². The zero-order chi connectivity index (χ0) is 16.9. The average Bonchev–Trinajstić information content (AvgIpc) is 3.24. The Balaban J connectivity index is 1.89. The van der Waals surface area contributed by atoms with Gasteiger partial charge in [-0.1, -0.05) is 37.3 Å². The first kappa shape index (κ1) is 16.0. The van der Waals surface area contributed by atoms with Crippen LogP contribution in [0.2, 0.25) is 0 Å². The Labute approximate surface area is 141 Å². The van der Waals surface area contributed by atoms with Crippen molar-refractivity contribution in [3.8, 4) is 11.3 Å². The molecule has 2 heterocycles. The molecule has 6 heteroatoms. The van der Waals surface area contributed by atoms with Crippen LogP contribution in [-0.4, -0.2) is 36.9 Å². The summed E-state index contributed by atoms with van der Waals surface area (Å²) in [5.74, 6) is 0.800. The van der Waals surface area contributed by atoms with Crippen molar-refractivity contribution in [2.24, 2.45) is 7.05 Å². The molecule has 0 fully saturated rings. The summed E-state index contributed by atoms with van der Waals surface area (Å²) in [5.41, 5.74) is 2.13. The third-order valence-corrected chi connectivity index (χ3v) is 3.93. The minimum absolute atomic E-state index is 0.0591. The second kappa shape index (κ2) is 7.12. The van der Waals surface area contributed by atoms with Crippen molar-refractivity contribution in [1.82, 2.24) is 24.4 Å². The van der Waals surface area contributed by atoms with E-state index in [4.69, 9.17) is 0 Å². The largest absolute Gasteiger partial charge is 0.340 e. The van der Waals surface area contributed by atoms with Gasteiger partial charge >= 0.3 is 0 Å². The highest BCUT2D eigenvalue weighted by Crippen LogP contribution is 2.21. The Bertz CT molecular complexity index is 806. The standard InChI is InChI=1S/C18H21N5O/c1-3-10-23(12-15-19-9-11-22(15)2)18(24)17-16(20-13-21-17)14-7-5-4-6-8-14/h4-9,11,13H,3,10,12H2,1-2H3,(H,20,21). The predicted octanol–water partition coefficient (Wildman–Crippen LogP) is 2.86. The first-order valence-electron chi connectivity index (χ1n) is 8.05. The lowest BCUT2D eigenvalue weighted by Crippen LogP contribution is -2.33. The van der Waals surface area contributed by atoms with Crippen molar-refractivity contribution in [3.05, 3.63) is 60.6 Å². The van der Waals surface area contributed by atoms with E-state index in [1.54, 1.807) is 12.5 Å². The first-order chi connectivity index (χ1) is 11.7. The van der Waals surface area contributed by atoms with Crippen LogP contribution in [0.4, 0.5) is 0 Å².